The summed E-state index contributed by atoms with van der Waals surface area (Å²) in [5.74, 6) is -0.520. The van der Waals surface area contributed by atoms with Crippen molar-refractivity contribution in [1.29, 1.82) is 0 Å². The van der Waals surface area contributed by atoms with Crippen molar-refractivity contribution in [2.24, 2.45) is 0 Å². The fraction of sp³-hybridized carbons (Fsp3) is 0.417. The molecule has 0 bridgehead atoms. The van der Waals surface area contributed by atoms with E-state index in [0.29, 0.717) is 40.9 Å². The highest BCUT2D eigenvalue weighted by Gasteiger charge is 2.26. The molecule has 2 amide bonds. The summed E-state index contributed by atoms with van der Waals surface area (Å²) in [5, 5.41) is 9.51. The molecule has 34 heavy (non-hydrogen) atoms. The summed E-state index contributed by atoms with van der Waals surface area (Å²) in [5.41, 5.74) is 0.826. The van der Waals surface area contributed by atoms with Gasteiger partial charge in [-0.05, 0) is 49.8 Å². The molecule has 3 N–H and O–H groups in total. The molecule has 0 fully saturated rings. The number of rotatable bonds is 9. The van der Waals surface area contributed by atoms with E-state index in [-0.39, 0.29) is 35.9 Å². The number of nitrogens with one attached hydrogen (secondary N) is 3. The molecule has 0 radical (unpaired) electrons. The van der Waals surface area contributed by atoms with Gasteiger partial charge in [0.25, 0.3) is 17.0 Å². The van der Waals surface area contributed by atoms with Gasteiger partial charge in [0.2, 0.25) is 5.91 Å². The minimum Gasteiger partial charge on any atom is -0.385 e. The van der Waals surface area contributed by atoms with Gasteiger partial charge in [-0.25, -0.2) is 4.68 Å². The van der Waals surface area contributed by atoms with E-state index in [0.717, 1.165) is 40.8 Å². The summed E-state index contributed by atoms with van der Waals surface area (Å²) in [6.45, 7) is 1.07. The van der Waals surface area contributed by atoms with Crippen LogP contribution >= 0.6 is 11.3 Å². The fourth-order valence-electron chi connectivity index (χ4n) is 4.21. The normalized spacial score (nSPS) is 13.0. The number of methoxy groups -OCH3 is 1. The van der Waals surface area contributed by atoms with Gasteiger partial charge in [0, 0.05) is 31.6 Å². The molecular formula is C24H28N4O5S. The quantitative estimate of drug-likeness (QED) is 0.403. The second-order valence-corrected chi connectivity index (χ2v) is 9.36. The van der Waals surface area contributed by atoms with E-state index in [1.807, 2.05) is 0 Å². The average molecular weight is 485 g/mol. The van der Waals surface area contributed by atoms with Crippen LogP contribution < -0.4 is 21.8 Å². The van der Waals surface area contributed by atoms with Crippen molar-refractivity contribution in [3.8, 4) is 0 Å². The Labute approximate surface area is 200 Å². The van der Waals surface area contributed by atoms with Crippen molar-refractivity contribution in [1.82, 2.24) is 15.1 Å². The Bertz CT molecular complexity index is 1320. The highest BCUT2D eigenvalue weighted by molar-refractivity contribution is 7.17. The van der Waals surface area contributed by atoms with Crippen molar-refractivity contribution < 1.29 is 14.3 Å². The van der Waals surface area contributed by atoms with Crippen molar-refractivity contribution >= 4 is 38.9 Å². The van der Waals surface area contributed by atoms with E-state index in [1.165, 1.54) is 11.3 Å². The van der Waals surface area contributed by atoms with Gasteiger partial charge in [-0.2, -0.15) is 0 Å². The number of hydrogen-bond acceptors (Lipinski definition) is 6. The Kier molecular flexibility index (Phi) is 7.59. The molecule has 0 atom stereocenters. The lowest BCUT2D eigenvalue weighted by Crippen LogP contribution is -2.31. The van der Waals surface area contributed by atoms with Crippen LogP contribution in [0.1, 0.15) is 46.5 Å². The number of carbonyl (C=O) groups is 2. The molecule has 3 aromatic rings. The van der Waals surface area contributed by atoms with Crippen molar-refractivity contribution in [2.45, 2.75) is 45.1 Å². The van der Waals surface area contributed by atoms with Gasteiger partial charge in [0.15, 0.2) is 0 Å². The number of H-pyrrole nitrogens is 1. The molecule has 1 aromatic carbocycles. The van der Waals surface area contributed by atoms with Crippen LogP contribution in [0.3, 0.4) is 0 Å². The summed E-state index contributed by atoms with van der Waals surface area (Å²) in [6, 6.07) is 6.57. The van der Waals surface area contributed by atoms with Crippen molar-refractivity contribution in [3.05, 3.63) is 61.0 Å². The first-order chi connectivity index (χ1) is 16.5. The zero-order chi connectivity index (χ0) is 24.1. The number of hydrogen-bond donors (Lipinski definition) is 3. The smallest absolute Gasteiger partial charge is 0.273 e. The Morgan fingerprint density at radius 3 is 2.71 bits per heavy atom. The van der Waals surface area contributed by atoms with Crippen molar-refractivity contribution in [3.63, 3.8) is 0 Å². The molecule has 0 saturated heterocycles. The molecule has 180 valence electrons. The standard InChI is InChI=1S/C24H28N4O5S/c1-33-14-6-12-25-22(31)20-17-9-4-5-10-18(17)34-23(20)26-19(29)11-13-28-24(32)16-8-3-2-7-15(16)21(30)27-28/h2-3,7-8H,4-6,9-14H2,1H3,(H,25,31)(H,26,29)(H,27,30). The van der Waals surface area contributed by atoms with Crippen LogP contribution in [-0.4, -0.2) is 41.9 Å². The lowest BCUT2D eigenvalue weighted by Gasteiger charge is -2.13. The molecule has 9 nitrogen and oxygen atoms in total. The number of amides is 2. The summed E-state index contributed by atoms with van der Waals surface area (Å²) in [6.07, 6.45) is 4.47. The molecule has 0 saturated carbocycles. The molecule has 1 aliphatic carbocycles. The van der Waals surface area contributed by atoms with Gasteiger partial charge < -0.3 is 15.4 Å². The van der Waals surface area contributed by atoms with E-state index in [2.05, 4.69) is 15.7 Å². The maximum atomic E-state index is 12.9. The number of aryl methyl sites for hydroxylation is 2. The highest BCUT2D eigenvalue weighted by atomic mass is 32.1. The molecule has 2 heterocycles. The number of aromatic amines is 1. The van der Waals surface area contributed by atoms with E-state index < -0.39 is 0 Å². The van der Waals surface area contributed by atoms with Crippen molar-refractivity contribution in [2.75, 3.05) is 25.6 Å². The number of ether oxygens (including phenoxy) is 1. The minimum atomic E-state index is -0.381. The first-order valence-corrected chi connectivity index (χ1v) is 12.2. The van der Waals surface area contributed by atoms with Crippen LogP contribution in [0.5, 0.6) is 0 Å². The molecule has 2 aromatic heterocycles. The zero-order valence-electron chi connectivity index (χ0n) is 19.1. The maximum absolute atomic E-state index is 12.9. The minimum absolute atomic E-state index is 0.0222. The van der Waals surface area contributed by atoms with Gasteiger partial charge in [0.1, 0.15) is 5.00 Å². The summed E-state index contributed by atoms with van der Waals surface area (Å²) >= 11 is 1.45. The first-order valence-electron chi connectivity index (χ1n) is 11.4. The number of fused-ring (bicyclic) bond motifs is 2. The number of benzene rings is 1. The molecule has 0 unspecified atom stereocenters. The molecule has 1 aliphatic rings. The van der Waals surface area contributed by atoms with Gasteiger partial charge >= 0.3 is 0 Å². The Morgan fingerprint density at radius 1 is 1.15 bits per heavy atom. The number of nitrogens with zero attached hydrogens (tertiary/aromatic N) is 1. The van der Waals surface area contributed by atoms with Gasteiger partial charge in [-0.3, -0.25) is 24.3 Å². The summed E-state index contributed by atoms with van der Waals surface area (Å²) in [4.78, 5) is 51.8. The predicted molar refractivity (Wildman–Crippen MR) is 132 cm³/mol. The van der Waals surface area contributed by atoms with Crippen LogP contribution in [0.4, 0.5) is 5.00 Å². The molecule has 10 heteroatoms. The molecule has 0 aliphatic heterocycles. The number of thiophene rings is 1. The Morgan fingerprint density at radius 2 is 1.91 bits per heavy atom. The van der Waals surface area contributed by atoms with Crippen LogP contribution in [-0.2, 0) is 28.9 Å². The lowest BCUT2D eigenvalue weighted by atomic mass is 9.95. The second-order valence-electron chi connectivity index (χ2n) is 8.26. The third-order valence-corrected chi connectivity index (χ3v) is 7.12. The topological polar surface area (TPSA) is 122 Å². The Hall–Kier alpha value is -3.24. The van der Waals surface area contributed by atoms with Gasteiger partial charge in [-0.15, -0.1) is 11.3 Å². The summed E-state index contributed by atoms with van der Waals surface area (Å²) in [7, 11) is 1.62. The van der Waals surface area contributed by atoms with E-state index >= 15 is 0 Å². The molecule has 0 spiro atoms. The highest BCUT2D eigenvalue weighted by Crippen LogP contribution is 2.38. The van der Waals surface area contributed by atoms with Crippen LogP contribution in [0.15, 0.2) is 33.9 Å². The largest absolute Gasteiger partial charge is 0.385 e. The second kappa shape index (κ2) is 10.8. The van der Waals surface area contributed by atoms with Gasteiger partial charge in [-0.1, -0.05) is 12.1 Å². The van der Waals surface area contributed by atoms with E-state index in [1.54, 1.807) is 31.4 Å². The Balaban J connectivity index is 1.49. The van der Waals surface area contributed by atoms with Crippen LogP contribution in [0, 0.1) is 0 Å². The SMILES string of the molecule is COCCCNC(=O)c1c(NC(=O)CCn2[nH]c(=O)c3ccccc3c2=O)sc2c1CCCC2. The number of anilines is 1. The lowest BCUT2D eigenvalue weighted by molar-refractivity contribution is -0.116. The molecule has 4 rings (SSSR count). The maximum Gasteiger partial charge on any atom is 0.273 e. The van der Waals surface area contributed by atoms with Crippen LogP contribution in [0.2, 0.25) is 0 Å². The third-order valence-electron chi connectivity index (χ3n) is 5.91. The molecular weight excluding hydrogens is 456 g/mol. The fourth-order valence-corrected chi connectivity index (χ4v) is 5.51. The summed E-state index contributed by atoms with van der Waals surface area (Å²) < 4.78 is 6.19. The third kappa shape index (κ3) is 5.13. The van der Waals surface area contributed by atoms with E-state index in [4.69, 9.17) is 4.74 Å². The van der Waals surface area contributed by atoms with Crippen LogP contribution in [0.25, 0.3) is 10.8 Å². The number of aromatic nitrogens is 2. The van der Waals surface area contributed by atoms with E-state index in [9.17, 15) is 19.2 Å². The monoisotopic (exact) mass is 484 g/mol. The zero-order valence-corrected chi connectivity index (χ0v) is 19.9. The predicted octanol–water partition coefficient (Wildman–Crippen LogP) is 2.43. The average Bonchev–Trinajstić information content (AvgIpc) is 3.21. The first kappa shape index (κ1) is 23.9. The number of carbonyl (C=O) groups excluding carboxylic acids is 2. The van der Waals surface area contributed by atoms with Gasteiger partial charge in [0.05, 0.1) is 22.9 Å².